The summed E-state index contributed by atoms with van der Waals surface area (Å²) in [5, 5.41) is 13.1. The Labute approximate surface area is 130 Å². The van der Waals surface area contributed by atoms with Gasteiger partial charge in [-0.15, -0.1) is 0 Å². The van der Waals surface area contributed by atoms with E-state index in [9.17, 15) is 9.90 Å². The number of pyridine rings is 1. The summed E-state index contributed by atoms with van der Waals surface area (Å²) in [6, 6.07) is 10.1. The first kappa shape index (κ1) is 14.0. The summed E-state index contributed by atoms with van der Waals surface area (Å²) in [5.41, 5.74) is 1.65. The molecule has 106 valence electrons. The Morgan fingerprint density at radius 3 is 2.67 bits per heavy atom. The van der Waals surface area contributed by atoms with Crippen molar-refractivity contribution in [3.63, 3.8) is 0 Å². The number of nitrogens with zero attached hydrogens (tertiary/aromatic N) is 2. The third-order valence-corrected chi connectivity index (χ3v) is 3.50. The van der Waals surface area contributed by atoms with Gasteiger partial charge in [-0.1, -0.05) is 41.4 Å². The summed E-state index contributed by atoms with van der Waals surface area (Å²) in [6.07, 6.45) is -1.54. The zero-order valence-corrected chi connectivity index (χ0v) is 12.1. The molecule has 1 atom stereocenters. The summed E-state index contributed by atoms with van der Waals surface area (Å²) in [7, 11) is 0. The summed E-state index contributed by atoms with van der Waals surface area (Å²) in [4.78, 5) is 20.0. The van der Waals surface area contributed by atoms with E-state index in [1.807, 2.05) is 0 Å². The molecule has 0 aliphatic carbocycles. The molecule has 2 heterocycles. The number of fused-ring (bicyclic) bond motifs is 1. The summed E-state index contributed by atoms with van der Waals surface area (Å²) >= 11 is 12.1. The topological polar surface area (TPSA) is 74.6 Å². The molecule has 1 aliphatic rings. The molecule has 5 nitrogen and oxygen atoms in total. The molecule has 0 bridgehead atoms. The molecule has 7 heteroatoms. The Balaban J connectivity index is 2.27. The highest BCUT2D eigenvalue weighted by molar-refractivity contribution is 6.36. The lowest BCUT2D eigenvalue weighted by atomic mass is 10.1. The van der Waals surface area contributed by atoms with Crippen molar-refractivity contribution in [2.75, 3.05) is 5.32 Å². The van der Waals surface area contributed by atoms with Crippen LogP contribution in [-0.2, 0) is 4.79 Å². The smallest absolute Gasteiger partial charge is 0.276 e. The molecule has 1 aliphatic heterocycles. The number of aromatic nitrogens is 1. The van der Waals surface area contributed by atoms with Crippen LogP contribution in [0.4, 0.5) is 5.69 Å². The van der Waals surface area contributed by atoms with Crippen LogP contribution in [-0.4, -0.2) is 27.9 Å². The number of rotatable bonds is 1. The molecular formula is C14H9Cl2N3O2. The second-order valence-electron chi connectivity index (χ2n) is 4.35. The number of anilines is 1. The predicted octanol–water partition coefficient (Wildman–Crippen LogP) is 2.50. The molecule has 0 saturated carbocycles. The van der Waals surface area contributed by atoms with Crippen LogP contribution >= 0.6 is 23.2 Å². The van der Waals surface area contributed by atoms with E-state index in [1.165, 1.54) is 0 Å². The summed E-state index contributed by atoms with van der Waals surface area (Å²) in [5.74, 6) is -0.637. The van der Waals surface area contributed by atoms with Crippen molar-refractivity contribution in [1.82, 2.24) is 4.98 Å². The van der Waals surface area contributed by atoms with E-state index in [4.69, 9.17) is 23.2 Å². The molecule has 3 rings (SSSR count). The van der Waals surface area contributed by atoms with E-state index >= 15 is 0 Å². The number of nitrogens with one attached hydrogen (secondary N) is 1. The second-order valence-corrected chi connectivity index (χ2v) is 5.15. The van der Waals surface area contributed by atoms with Gasteiger partial charge in [-0.3, -0.25) is 4.79 Å². The summed E-state index contributed by atoms with van der Waals surface area (Å²) < 4.78 is 0. The molecule has 1 aromatic heterocycles. The number of aliphatic hydroxyl groups excluding tert-OH is 1. The third kappa shape index (κ3) is 2.63. The largest absolute Gasteiger partial charge is 0.364 e. The number of amides is 1. The van der Waals surface area contributed by atoms with Gasteiger partial charge in [-0.2, -0.15) is 0 Å². The van der Waals surface area contributed by atoms with Crippen molar-refractivity contribution in [3.05, 3.63) is 57.8 Å². The fourth-order valence-corrected chi connectivity index (χ4v) is 2.38. The Bertz CT molecular complexity index is 762. The maximum Gasteiger partial charge on any atom is 0.276 e. The minimum Gasteiger partial charge on any atom is -0.364 e. The number of halogens is 2. The van der Waals surface area contributed by atoms with Gasteiger partial charge < -0.3 is 10.4 Å². The Kier molecular flexibility index (Phi) is 3.63. The van der Waals surface area contributed by atoms with Gasteiger partial charge in [-0.05, 0) is 18.2 Å². The van der Waals surface area contributed by atoms with E-state index in [0.717, 1.165) is 0 Å². The highest BCUT2D eigenvalue weighted by atomic mass is 35.5. The first-order valence-corrected chi connectivity index (χ1v) is 6.80. The SMILES string of the molecule is O=C1Nc2ccc(Cl)nc2C(c2ccccc2Cl)=N[C@H]1O. The average Bonchev–Trinajstić information content (AvgIpc) is 2.58. The lowest BCUT2D eigenvalue weighted by Crippen LogP contribution is -2.24. The third-order valence-electron chi connectivity index (χ3n) is 2.96. The van der Waals surface area contributed by atoms with Crippen LogP contribution in [0.3, 0.4) is 0 Å². The quantitative estimate of drug-likeness (QED) is 0.792. The molecule has 0 saturated heterocycles. The number of benzene rings is 1. The van der Waals surface area contributed by atoms with Gasteiger partial charge in [0.1, 0.15) is 10.8 Å². The van der Waals surface area contributed by atoms with Crippen LogP contribution in [0.5, 0.6) is 0 Å². The van der Waals surface area contributed by atoms with Gasteiger partial charge >= 0.3 is 0 Å². The Morgan fingerprint density at radius 2 is 1.90 bits per heavy atom. The van der Waals surface area contributed by atoms with Gasteiger partial charge in [0.05, 0.1) is 16.4 Å². The van der Waals surface area contributed by atoms with E-state index in [2.05, 4.69) is 15.3 Å². The van der Waals surface area contributed by atoms with Crippen molar-refractivity contribution < 1.29 is 9.90 Å². The number of hydrogen-bond donors (Lipinski definition) is 2. The van der Waals surface area contributed by atoms with Crippen LogP contribution < -0.4 is 5.32 Å². The van der Waals surface area contributed by atoms with E-state index in [0.29, 0.717) is 27.7 Å². The van der Waals surface area contributed by atoms with Gasteiger partial charge in [0.25, 0.3) is 5.91 Å². The lowest BCUT2D eigenvalue weighted by Gasteiger charge is -2.10. The number of carbonyl (C=O) groups is 1. The van der Waals surface area contributed by atoms with Crippen LogP contribution in [0.1, 0.15) is 11.3 Å². The zero-order valence-electron chi connectivity index (χ0n) is 10.5. The molecule has 2 N–H and O–H groups in total. The van der Waals surface area contributed by atoms with Crippen molar-refractivity contribution >= 4 is 40.5 Å². The van der Waals surface area contributed by atoms with Crippen molar-refractivity contribution in [1.29, 1.82) is 0 Å². The van der Waals surface area contributed by atoms with E-state index in [-0.39, 0.29) is 5.15 Å². The maximum absolute atomic E-state index is 11.8. The molecule has 0 radical (unpaired) electrons. The zero-order chi connectivity index (χ0) is 15.0. The fraction of sp³-hybridized carbons (Fsp3) is 0.0714. The molecule has 1 amide bonds. The Morgan fingerprint density at radius 1 is 1.14 bits per heavy atom. The number of carbonyl (C=O) groups excluding carboxylic acids is 1. The molecule has 2 aromatic rings. The molecule has 0 unspecified atom stereocenters. The monoisotopic (exact) mass is 321 g/mol. The molecular weight excluding hydrogens is 313 g/mol. The highest BCUT2D eigenvalue weighted by Gasteiger charge is 2.26. The molecule has 0 fully saturated rings. The van der Waals surface area contributed by atoms with Gasteiger partial charge in [0, 0.05) is 5.56 Å². The van der Waals surface area contributed by atoms with Crippen LogP contribution in [0.25, 0.3) is 0 Å². The molecule has 0 spiro atoms. The van der Waals surface area contributed by atoms with Crippen molar-refractivity contribution in [2.45, 2.75) is 6.23 Å². The predicted molar refractivity (Wildman–Crippen MR) is 81.0 cm³/mol. The van der Waals surface area contributed by atoms with E-state index in [1.54, 1.807) is 36.4 Å². The number of aliphatic imine (C=N–C) groups is 1. The number of hydrogen-bond acceptors (Lipinski definition) is 4. The average molecular weight is 322 g/mol. The minimum absolute atomic E-state index is 0.249. The fourth-order valence-electron chi connectivity index (χ4n) is 2.01. The standard InChI is InChI=1S/C14H9Cl2N3O2/c15-8-4-2-1-3-7(8)11-12-9(5-6-10(16)18-12)17-13(20)14(21)19-11/h1-6,14,21H,(H,17,20)/t14-/m0/s1. The van der Waals surface area contributed by atoms with Crippen LogP contribution in [0.15, 0.2) is 41.4 Å². The molecule has 21 heavy (non-hydrogen) atoms. The van der Waals surface area contributed by atoms with Crippen molar-refractivity contribution in [3.8, 4) is 0 Å². The Hall–Kier alpha value is -1.95. The van der Waals surface area contributed by atoms with Gasteiger partial charge in [0.2, 0.25) is 6.23 Å². The van der Waals surface area contributed by atoms with Crippen molar-refractivity contribution in [2.24, 2.45) is 4.99 Å². The second kappa shape index (κ2) is 5.44. The maximum atomic E-state index is 11.8. The van der Waals surface area contributed by atoms with Crippen LogP contribution in [0.2, 0.25) is 10.2 Å². The first-order valence-electron chi connectivity index (χ1n) is 6.05. The van der Waals surface area contributed by atoms with Gasteiger partial charge in [0.15, 0.2) is 0 Å². The summed E-state index contributed by atoms with van der Waals surface area (Å²) in [6.45, 7) is 0. The van der Waals surface area contributed by atoms with E-state index < -0.39 is 12.1 Å². The van der Waals surface area contributed by atoms with Gasteiger partial charge in [-0.25, -0.2) is 9.98 Å². The normalized spacial score (nSPS) is 17.6. The first-order chi connectivity index (χ1) is 10.1. The molecule has 1 aromatic carbocycles. The number of aliphatic hydroxyl groups is 1. The lowest BCUT2D eigenvalue weighted by molar-refractivity contribution is -0.123. The highest BCUT2D eigenvalue weighted by Crippen LogP contribution is 2.27. The van der Waals surface area contributed by atoms with Crippen LogP contribution in [0, 0.1) is 0 Å². The minimum atomic E-state index is -1.54.